The highest BCUT2D eigenvalue weighted by Gasteiger charge is 2.19. The van der Waals surface area contributed by atoms with Gasteiger partial charge in [-0.05, 0) is 25.2 Å². The Hall–Kier alpha value is -1.59. The molecule has 56 heavy (non-hydrogen) atoms. The Labute approximate surface area is 348 Å². The van der Waals surface area contributed by atoms with Crippen molar-refractivity contribution >= 4 is 17.9 Å². The van der Waals surface area contributed by atoms with Gasteiger partial charge in [-0.3, -0.25) is 14.4 Å². The van der Waals surface area contributed by atoms with E-state index in [4.69, 9.17) is 14.2 Å². The van der Waals surface area contributed by atoms with Gasteiger partial charge in [0.25, 0.3) is 0 Å². The lowest BCUT2D eigenvalue weighted by atomic mass is 10.0. The highest BCUT2D eigenvalue weighted by Crippen LogP contribution is 2.17. The van der Waals surface area contributed by atoms with E-state index in [0.29, 0.717) is 19.3 Å². The summed E-state index contributed by atoms with van der Waals surface area (Å²) in [6.07, 6.45) is 45.2. The minimum atomic E-state index is -0.760. The van der Waals surface area contributed by atoms with Gasteiger partial charge in [0.05, 0.1) is 0 Å². The summed E-state index contributed by atoms with van der Waals surface area (Å²) in [5.41, 5.74) is 0. The van der Waals surface area contributed by atoms with Crippen LogP contribution in [0.3, 0.4) is 0 Å². The lowest BCUT2D eigenvalue weighted by Crippen LogP contribution is -2.30. The van der Waals surface area contributed by atoms with Gasteiger partial charge in [0.15, 0.2) is 6.10 Å². The Morgan fingerprint density at radius 1 is 0.339 bits per heavy atom. The molecule has 0 N–H and O–H groups in total. The molecular formula is C50H96O6. The Bertz CT molecular complexity index is 841. The summed E-state index contributed by atoms with van der Waals surface area (Å²) in [4.78, 5) is 37.8. The highest BCUT2D eigenvalue weighted by molar-refractivity contribution is 5.71. The molecule has 0 saturated heterocycles. The Kier molecular flexibility index (Phi) is 43.2. The number of unbranched alkanes of at least 4 members (excludes halogenated alkanes) is 32. The second kappa shape index (κ2) is 44.5. The van der Waals surface area contributed by atoms with Crippen LogP contribution in [-0.2, 0) is 28.6 Å². The van der Waals surface area contributed by atoms with Crippen molar-refractivity contribution in [2.75, 3.05) is 13.2 Å². The topological polar surface area (TPSA) is 78.9 Å². The second-order valence-electron chi connectivity index (χ2n) is 17.6. The number of carbonyl (C=O) groups excluding carboxylic acids is 3. The predicted molar refractivity (Wildman–Crippen MR) is 238 cm³/mol. The minimum absolute atomic E-state index is 0.0635. The van der Waals surface area contributed by atoms with Crippen molar-refractivity contribution < 1.29 is 28.6 Å². The van der Waals surface area contributed by atoms with Crippen LogP contribution >= 0.6 is 0 Å². The molecule has 6 nitrogen and oxygen atoms in total. The third kappa shape index (κ3) is 43.5. The first-order valence-electron chi connectivity index (χ1n) is 24.9. The van der Waals surface area contributed by atoms with Crippen LogP contribution in [0.5, 0.6) is 0 Å². The summed E-state index contributed by atoms with van der Waals surface area (Å²) in [5.74, 6) is -0.0532. The van der Waals surface area contributed by atoms with E-state index >= 15 is 0 Å². The molecular weight excluding hydrogens is 697 g/mol. The fraction of sp³-hybridized carbons (Fsp3) is 0.940. The molecule has 0 aromatic rings. The molecule has 0 radical (unpaired) electrons. The van der Waals surface area contributed by atoms with Crippen molar-refractivity contribution in [3.8, 4) is 0 Å². The Morgan fingerprint density at radius 3 is 0.875 bits per heavy atom. The molecule has 0 aromatic carbocycles. The second-order valence-corrected chi connectivity index (χ2v) is 17.6. The largest absolute Gasteiger partial charge is 0.462 e. The van der Waals surface area contributed by atoms with Crippen LogP contribution < -0.4 is 0 Å². The van der Waals surface area contributed by atoms with Crippen LogP contribution in [0, 0.1) is 5.92 Å². The van der Waals surface area contributed by atoms with Gasteiger partial charge in [0, 0.05) is 19.3 Å². The molecule has 1 atom stereocenters. The summed E-state index contributed by atoms with van der Waals surface area (Å²) < 4.78 is 16.8. The van der Waals surface area contributed by atoms with E-state index in [1.807, 2.05) is 0 Å². The molecule has 0 aliphatic carbocycles. The standard InChI is InChI=1S/C50H96O6/c1-5-7-9-11-13-15-17-18-19-20-21-23-25-31-35-39-43-50(53)56-47(44-54-48(51)41-37-33-29-24-22-16-14-12-10-8-6-2)45-55-49(52)42-38-34-30-27-26-28-32-36-40-46(3)4/h46-47H,5-45H2,1-4H3/t47-/m0/s1. The Balaban J connectivity index is 4.30. The molecule has 0 aromatic heterocycles. The smallest absolute Gasteiger partial charge is 0.306 e. The number of esters is 3. The molecule has 0 spiro atoms. The van der Waals surface area contributed by atoms with Crippen LogP contribution in [0.15, 0.2) is 0 Å². The van der Waals surface area contributed by atoms with Gasteiger partial charge in [-0.2, -0.15) is 0 Å². The van der Waals surface area contributed by atoms with E-state index < -0.39 is 6.10 Å². The third-order valence-corrected chi connectivity index (χ3v) is 11.3. The predicted octanol–water partition coefficient (Wildman–Crippen LogP) is 15.9. The van der Waals surface area contributed by atoms with Crippen LogP contribution in [0.2, 0.25) is 0 Å². The van der Waals surface area contributed by atoms with Crippen molar-refractivity contribution in [1.82, 2.24) is 0 Å². The molecule has 6 heteroatoms. The molecule has 0 heterocycles. The van der Waals surface area contributed by atoms with Crippen LogP contribution in [0.1, 0.15) is 278 Å². The lowest BCUT2D eigenvalue weighted by molar-refractivity contribution is -0.167. The molecule has 0 aliphatic rings. The lowest BCUT2D eigenvalue weighted by Gasteiger charge is -2.18. The summed E-state index contributed by atoms with van der Waals surface area (Å²) >= 11 is 0. The average Bonchev–Trinajstić information content (AvgIpc) is 3.18. The molecule has 0 unspecified atom stereocenters. The van der Waals surface area contributed by atoms with Gasteiger partial charge in [-0.15, -0.1) is 0 Å². The number of ether oxygens (including phenoxy) is 3. The first kappa shape index (κ1) is 54.4. The van der Waals surface area contributed by atoms with Crippen molar-refractivity contribution in [1.29, 1.82) is 0 Å². The van der Waals surface area contributed by atoms with Crippen molar-refractivity contribution in [2.45, 2.75) is 284 Å². The maximum atomic E-state index is 12.8. The monoisotopic (exact) mass is 793 g/mol. The summed E-state index contributed by atoms with van der Waals surface area (Å²) in [6.45, 7) is 8.98. The van der Waals surface area contributed by atoms with Gasteiger partial charge < -0.3 is 14.2 Å². The van der Waals surface area contributed by atoms with E-state index in [-0.39, 0.29) is 31.1 Å². The van der Waals surface area contributed by atoms with Gasteiger partial charge in [0.1, 0.15) is 13.2 Å². The SMILES string of the molecule is CCCCCCCCCCCCCCCCCCC(=O)O[C@@H](COC(=O)CCCCCCCCCCCCC)COC(=O)CCCCCCCCCCC(C)C. The molecule has 0 fully saturated rings. The minimum Gasteiger partial charge on any atom is -0.462 e. The highest BCUT2D eigenvalue weighted by atomic mass is 16.6. The van der Waals surface area contributed by atoms with E-state index in [0.717, 1.165) is 63.7 Å². The Morgan fingerprint density at radius 2 is 0.589 bits per heavy atom. The third-order valence-electron chi connectivity index (χ3n) is 11.3. The average molecular weight is 793 g/mol. The van der Waals surface area contributed by atoms with Crippen LogP contribution in [-0.4, -0.2) is 37.2 Å². The first-order valence-corrected chi connectivity index (χ1v) is 24.9. The van der Waals surface area contributed by atoms with Crippen LogP contribution in [0.25, 0.3) is 0 Å². The summed E-state index contributed by atoms with van der Waals surface area (Å²) in [6, 6.07) is 0. The summed E-state index contributed by atoms with van der Waals surface area (Å²) in [5, 5.41) is 0. The first-order chi connectivity index (χ1) is 27.4. The van der Waals surface area contributed by atoms with E-state index in [2.05, 4.69) is 27.7 Å². The summed E-state index contributed by atoms with van der Waals surface area (Å²) in [7, 11) is 0. The van der Waals surface area contributed by atoms with Gasteiger partial charge in [-0.1, -0.05) is 240 Å². The van der Waals surface area contributed by atoms with E-state index in [1.165, 1.54) is 173 Å². The van der Waals surface area contributed by atoms with Crippen molar-refractivity contribution in [2.24, 2.45) is 5.92 Å². The van der Waals surface area contributed by atoms with E-state index in [9.17, 15) is 14.4 Å². The zero-order valence-corrected chi connectivity index (χ0v) is 38.1. The maximum absolute atomic E-state index is 12.8. The van der Waals surface area contributed by atoms with Gasteiger partial charge in [0.2, 0.25) is 0 Å². The zero-order valence-electron chi connectivity index (χ0n) is 38.1. The van der Waals surface area contributed by atoms with Crippen molar-refractivity contribution in [3.05, 3.63) is 0 Å². The maximum Gasteiger partial charge on any atom is 0.306 e. The van der Waals surface area contributed by atoms with Gasteiger partial charge in [-0.25, -0.2) is 0 Å². The molecule has 0 saturated carbocycles. The molecule has 0 rings (SSSR count). The van der Waals surface area contributed by atoms with Crippen molar-refractivity contribution in [3.63, 3.8) is 0 Å². The number of hydrogen-bond acceptors (Lipinski definition) is 6. The number of rotatable bonds is 45. The molecule has 0 amide bonds. The fourth-order valence-electron chi connectivity index (χ4n) is 7.51. The molecule has 0 aliphatic heterocycles. The van der Waals surface area contributed by atoms with E-state index in [1.54, 1.807) is 0 Å². The molecule has 332 valence electrons. The normalized spacial score (nSPS) is 11.9. The van der Waals surface area contributed by atoms with Gasteiger partial charge >= 0.3 is 17.9 Å². The van der Waals surface area contributed by atoms with Crippen LogP contribution in [0.4, 0.5) is 0 Å². The molecule has 0 bridgehead atoms. The number of hydrogen-bond donors (Lipinski definition) is 0. The number of carbonyl (C=O) groups is 3. The fourth-order valence-corrected chi connectivity index (χ4v) is 7.51. The quantitative estimate of drug-likeness (QED) is 0.0347. The zero-order chi connectivity index (χ0) is 41.0.